The molecule has 32 heavy (non-hydrogen) atoms. The lowest BCUT2D eigenvalue weighted by molar-refractivity contribution is -0.143. The van der Waals surface area contributed by atoms with Crippen LogP contribution in [0.3, 0.4) is 0 Å². The highest BCUT2D eigenvalue weighted by atomic mass is 19.4. The first-order valence-corrected chi connectivity index (χ1v) is 8.85. The molecular formula is C19H14F6N6O. The van der Waals surface area contributed by atoms with Crippen LogP contribution >= 0.6 is 0 Å². The summed E-state index contributed by atoms with van der Waals surface area (Å²) in [7, 11) is 0. The first kappa shape index (κ1) is 22.9. The van der Waals surface area contributed by atoms with Crippen molar-refractivity contribution in [1.82, 2.24) is 30.0 Å². The van der Waals surface area contributed by atoms with Crippen molar-refractivity contribution >= 4 is 5.91 Å². The van der Waals surface area contributed by atoms with E-state index in [9.17, 15) is 31.1 Å². The molecule has 0 aliphatic carbocycles. The highest BCUT2D eigenvalue weighted by Gasteiger charge is 2.37. The summed E-state index contributed by atoms with van der Waals surface area (Å²) in [4.78, 5) is 23.2. The lowest BCUT2D eigenvalue weighted by Crippen LogP contribution is -2.24. The van der Waals surface area contributed by atoms with Crippen LogP contribution in [0, 0.1) is 0 Å². The number of alkyl halides is 6. The molecule has 1 aromatic carbocycles. The van der Waals surface area contributed by atoms with E-state index in [2.05, 4.69) is 31.9 Å². The summed E-state index contributed by atoms with van der Waals surface area (Å²) < 4.78 is 79.4. The Morgan fingerprint density at radius 1 is 1.03 bits per heavy atom. The lowest BCUT2D eigenvalue weighted by atomic mass is 10.0. The monoisotopic (exact) mass is 456 g/mol. The van der Waals surface area contributed by atoms with Gasteiger partial charge in [-0.15, -0.1) is 5.10 Å². The Balaban J connectivity index is 1.92. The van der Waals surface area contributed by atoms with Crippen molar-refractivity contribution in [3.8, 4) is 17.3 Å². The Hall–Kier alpha value is -3.77. The number of rotatable bonds is 5. The molecule has 0 aliphatic rings. The largest absolute Gasteiger partial charge is 0.416 e. The number of carbonyl (C=O) groups is 1. The summed E-state index contributed by atoms with van der Waals surface area (Å²) in [5.74, 6) is -0.805. The van der Waals surface area contributed by atoms with E-state index in [1.54, 1.807) is 6.92 Å². The van der Waals surface area contributed by atoms with E-state index in [1.807, 2.05) is 0 Å². The van der Waals surface area contributed by atoms with Crippen LogP contribution in [0.1, 0.15) is 29.7 Å². The van der Waals surface area contributed by atoms with E-state index in [0.29, 0.717) is 17.7 Å². The predicted octanol–water partition coefficient (Wildman–Crippen LogP) is 4.13. The number of amides is 1. The summed E-state index contributed by atoms with van der Waals surface area (Å²) in [6.45, 7) is 5.02. The van der Waals surface area contributed by atoms with Crippen LogP contribution in [0.2, 0.25) is 0 Å². The molecule has 2 heterocycles. The molecule has 13 heteroatoms. The molecule has 0 fully saturated rings. The first-order valence-electron chi connectivity index (χ1n) is 8.85. The van der Waals surface area contributed by atoms with Gasteiger partial charge in [-0.25, -0.2) is 15.0 Å². The fraction of sp³-hybridized carbons (Fsp3) is 0.211. The fourth-order valence-electron chi connectivity index (χ4n) is 2.60. The lowest BCUT2D eigenvalue weighted by Gasteiger charge is -2.13. The van der Waals surface area contributed by atoms with Gasteiger partial charge in [0.1, 0.15) is 6.33 Å². The van der Waals surface area contributed by atoms with Gasteiger partial charge in [0, 0.05) is 23.5 Å². The van der Waals surface area contributed by atoms with E-state index in [0.717, 1.165) is 17.1 Å². The number of halogens is 6. The molecule has 1 atom stereocenters. The molecule has 1 unspecified atom stereocenters. The van der Waals surface area contributed by atoms with Crippen molar-refractivity contribution in [2.75, 3.05) is 0 Å². The summed E-state index contributed by atoms with van der Waals surface area (Å²) in [5, 5.41) is 6.51. The smallest absolute Gasteiger partial charge is 0.346 e. The molecular weight excluding hydrogens is 442 g/mol. The van der Waals surface area contributed by atoms with Gasteiger partial charge in [0.25, 0.3) is 5.95 Å². The quantitative estimate of drug-likeness (QED) is 0.461. The third-order valence-electron chi connectivity index (χ3n) is 4.24. The molecule has 2 aromatic heterocycles. The molecule has 168 valence electrons. The second-order valence-electron chi connectivity index (χ2n) is 6.56. The Morgan fingerprint density at radius 3 is 2.09 bits per heavy atom. The topological polar surface area (TPSA) is 85.6 Å². The van der Waals surface area contributed by atoms with Gasteiger partial charge >= 0.3 is 12.4 Å². The molecule has 3 aromatic rings. The van der Waals surface area contributed by atoms with Gasteiger partial charge in [-0.2, -0.15) is 31.0 Å². The summed E-state index contributed by atoms with van der Waals surface area (Å²) >= 11 is 0. The second kappa shape index (κ2) is 8.40. The molecule has 0 saturated carbocycles. The second-order valence-corrected chi connectivity index (χ2v) is 6.56. The van der Waals surface area contributed by atoms with Gasteiger partial charge in [0.15, 0.2) is 5.82 Å². The van der Waals surface area contributed by atoms with Crippen LogP contribution in [0.5, 0.6) is 0 Å². The van der Waals surface area contributed by atoms with Crippen LogP contribution in [0.4, 0.5) is 26.3 Å². The first-order chi connectivity index (χ1) is 14.9. The van der Waals surface area contributed by atoms with Crippen molar-refractivity contribution in [2.45, 2.75) is 25.3 Å². The van der Waals surface area contributed by atoms with Crippen molar-refractivity contribution in [3.63, 3.8) is 0 Å². The standard InChI is InChI=1S/C19H14F6N6O/c1-3-15(32)29-10(2)12-7-26-17(27-8-12)31-9-28-16(30-31)11-4-13(18(20,21)22)6-14(5-11)19(23,24)25/h3-10H,1H2,2H3,(H,29,32). The summed E-state index contributed by atoms with van der Waals surface area (Å²) in [6.07, 6.45) is -5.07. The van der Waals surface area contributed by atoms with Crippen LogP contribution in [0.25, 0.3) is 17.3 Å². The highest BCUT2D eigenvalue weighted by molar-refractivity contribution is 5.87. The molecule has 0 bridgehead atoms. The zero-order valence-electron chi connectivity index (χ0n) is 16.2. The summed E-state index contributed by atoms with van der Waals surface area (Å²) in [5.41, 5.74) is -2.88. The van der Waals surface area contributed by atoms with E-state index in [1.165, 1.54) is 12.4 Å². The average Bonchev–Trinajstić information content (AvgIpc) is 3.22. The van der Waals surface area contributed by atoms with Gasteiger partial charge in [-0.05, 0) is 31.2 Å². The van der Waals surface area contributed by atoms with Crippen molar-refractivity contribution in [1.29, 1.82) is 0 Å². The number of hydrogen-bond donors (Lipinski definition) is 1. The van der Waals surface area contributed by atoms with E-state index in [-0.39, 0.29) is 17.8 Å². The summed E-state index contributed by atoms with van der Waals surface area (Å²) in [6, 6.07) is 0.645. The Kier molecular flexibility index (Phi) is 6.01. The van der Waals surface area contributed by atoms with Gasteiger partial charge in [0.2, 0.25) is 5.91 Å². The minimum Gasteiger partial charge on any atom is -0.346 e. The minimum absolute atomic E-state index is 0.0225. The van der Waals surface area contributed by atoms with Crippen molar-refractivity contribution < 1.29 is 31.1 Å². The molecule has 0 aliphatic heterocycles. The molecule has 7 nitrogen and oxygen atoms in total. The number of benzene rings is 1. The van der Waals surface area contributed by atoms with Gasteiger partial charge in [-0.1, -0.05) is 6.58 Å². The SMILES string of the molecule is C=CC(=O)NC(C)c1cnc(-n2cnc(-c3cc(C(F)(F)F)cc(C(F)(F)F)c3)n2)nc1. The zero-order chi connectivity index (χ0) is 23.7. The third kappa shape index (κ3) is 5.10. The maximum Gasteiger partial charge on any atom is 0.416 e. The zero-order valence-corrected chi connectivity index (χ0v) is 16.2. The molecule has 0 saturated heterocycles. The Morgan fingerprint density at radius 2 is 1.59 bits per heavy atom. The van der Waals surface area contributed by atoms with Crippen LogP contribution in [0.15, 0.2) is 49.6 Å². The van der Waals surface area contributed by atoms with Crippen molar-refractivity contribution in [2.24, 2.45) is 0 Å². The molecule has 0 radical (unpaired) electrons. The van der Waals surface area contributed by atoms with E-state index in [4.69, 9.17) is 0 Å². The number of nitrogens with one attached hydrogen (secondary N) is 1. The van der Waals surface area contributed by atoms with Gasteiger partial charge in [-0.3, -0.25) is 4.79 Å². The predicted molar refractivity (Wildman–Crippen MR) is 99.1 cm³/mol. The van der Waals surface area contributed by atoms with Crippen molar-refractivity contribution in [3.05, 3.63) is 66.3 Å². The number of hydrogen-bond acceptors (Lipinski definition) is 5. The normalized spacial score (nSPS) is 13.0. The molecule has 3 rings (SSSR count). The maximum absolute atomic E-state index is 13.1. The molecule has 1 amide bonds. The minimum atomic E-state index is -4.99. The third-order valence-corrected chi connectivity index (χ3v) is 4.24. The number of nitrogens with zero attached hydrogens (tertiary/aromatic N) is 5. The molecule has 0 spiro atoms. The fourth-order valence-corrected chi connectivity index (χ4v) is 2.60. The van der Waals surface area contributed by atoms with Crippen LogP contribution in [-0.4, -0.2) is 30.6 Å². The van der Waals surface area contributed by atoms with Gasteiger partial charge < -0.3 is 5.32 Å². The number of aromatic nitrogens is 5. The van der Waals surface area contributed by atoms with Crippen LogP contribution in [-0.2, 0) is 17.1 Å². The van der Waals surface area contributed by atoms with E-state index < -0.39 is 41.0 Å². The maximum atomic E-state index is 13.1. The van der Waals surface area contributed by atoms with Crippen LogP contribution < -0.4 is 5.32 Å². The van der Waals surface area contributed by atoms with E-state index >= 15 is 0 Å². The Bertz CT molecular complexity index is 1100. The Labute approximate surface area is 176 Å². The molecule has 1 N–H and O–H groups in total. The van der Waals surface area contributed by atoms with Gasteiger partial charge in [0.05, 0.1) is 17.2 Å². The average molecular weight is 456 g/mol. The highest BCUT2D eigenvalue weighted by Crippen LogP contribution is 2.38. The number of carbonyl (C=O) groups excluding carboxylic acids is 1.